The summed E-state index contributed by atoms with van der Waals surface area (Å²) in [5, 5.41) is 23.5. The summed E-state index contributed by atoms with van der Waals surface area (Å²) in [6, 6.07) is -0.537. The Morgan fingerprint density at radius 3 is 0.763 bits per heavy atom. The zero-order valence-corrected chi connectivity index (χ0v) is 63.8. The highest BCUT2D eigenvalue weighted by Crippen LogP contribution is 2.21. The van der Waals surface area contributed by atoms with Gasteiger partial charge in [0.25, 0.3) is 0 Å². The highest BCUT2D eigenvalue weighted by molar-refractivity contribution is 5.76. The molecule has 0 aliphatic heterocycles. The third-order valence-electron chi connectivity index (χ3n) is 20.8. The van der Waals surface area contributed by atoms with E-state index in [2.05, 4.69) is 31.3 Å². The Morgan fingerprint density at radius 1 is 0.290 bits per heavy atom. The number of nitrogens with one attached hydrogen (secondary N) is 1. The van der Waals surface area contributed by atoms with E-state index in [1.54, 1.807) is 0 Å². The van der Waals surface area contributed by atoms with Crippen molar-refractivity contribution in [3.8, 4) is 0 Å². The van der Waals surface area contributed by atoms with Gasteiger partial charge >= 0.3 is 5.97 Å². The number of allylic oxidation sites excluding steroid dienone is 2. The molecule has 0 rings (SSSR count). The first-order chi connectivity index (χ1) is 46.0. The first-order valence-electron chi connectivity index (χ1n) is 43.4. The van der Waals surface area contributed by atoms with Crippen LogP contribution in [0.3, 0.4) is 0 Å². The van der Waals surface area contributed by atoms with Crippen molar-refractivity contribution < 1.29 is 24.5 Å². The van der Waals surface area contributed by atoms with E-state index in [0.717, 1.165) is 44.9 Å². The maximum absolute atomic E-state index is 12.6. The van der Waals surface area contributed by atoms with Gasteiger partial charge in [0, 0.05) is 12.8 Å². The SMILES string of the molecule is CCCCCCC/C=C\CCCCCCCC(=O)OCCCCCCCCCCCCCCCCCCCCCCCCCCCCCCCCCCCCCCCCCC(=O)NC(CO)C(O)CCCCCCCCCCCCCCCCCCCCCCCCC. The minimum absolute atomic E-state index is 0.0167. The molecule has 3 N–H and O–H groups in total. The van der Waals surface area contributed by atoms with E-state index in [1.807, 2.05) is 0 Å². The van der Waals surface area contributed by atoms with Crippen LogP contribution in [0, 0.1) is 0 Å². The molecule has 0 spiro atoms. The molecule has 2 unspecified atom stereocenters. The number of hydrogen-bond acceptors (Lipinski definition) is 5. The number of amides is 1. The quantitative estimate of drug-likeness (QED) is 0.0320. The van der Waals surface area contributed by atoms with Crippen LogP contribution in [0.5, 0.6) is 0 Å². The first kappa shape index (κ1) is 91.6. The fraction of sp³-hybridized carbons (Fsp3) is 0.954. The van der Waals surface area contributed by atoms with Crippen LogP contribution in [-0.4, -0.2) is 47.4 Å². The van der Waals surface area contributed by atoms with Gasteiger partial charge in [-0.25, -0.2) is 0 Å². The third kappa shape index (κ3) is 79.5. The molecule has 0 aliphatic rings. The normalized spacial score (nSPS) is 12.4. The van der Waals surface area contributed by atoms with Gasteiger partial charge in [0.15, 0.2) is 0 Å². The fourth-order valence-electron chi connectivity index (χ4n) is 14.2. The molecule has 0 aromatic carbocycles. The molecule has 0 heterocycles. The van der Waals surface area contributed by atoms with Crippen LogP contribution >= 0.6 is 0 Å². The maximum Gasteiger partial charge on any atom is 0.305 e. The molecule has 0 aliphatic carbocycles. The number of carbonyl (C=O) groups is 2. The molecular weight excluding hydrogens is 1140 g/mol. The van der Waals surface area contributed by atoms with Crippen molar-refractivity contribution >= 4 is 11.9 Å². The summed E-state index contributed by atoms with van der Waals surface area (Å²) < 4.78 is 5.50. The second-order valence-electron chi connectivity index (χ2n) is 30.2. The van der Waals surface area contributed by atoms with Gasteiger partial charge in [-0.15, -0.1) is 0 Å². The molecule has 93 heavy (non-hydrogen) atoms. The van der Waals surface area contributed by atoms with Crippen LogP contribution in [0.25, 0.3) is 0 Å². The van der Waals surface area contributed by atoms with Crippen LogP contribution in [0.15, 0.2) is 12.2 Å². The van der Waals surface area contributed by atoms with Gasteiger partial charge in [-0.1, -0.05) is 456 Å². The average molecular weight is 1310 g/mol. The number of carbonyl (C=O) groups excluding carboxylic acids is 2. The molecule has 6 heteroatoms. The molecule has 1 amide bonds. The zero-order valence-electron chi connectivity index (χ0n) is 63.8. The number of esters is 1. The van der Waals surface area contributed by atoms with Crippen molar-refractivity contribution in [2.24, 2.45) is 0 Å². The molecule has 0 saturated heterocycles. The zero-order chi connectivity index (χ0) is 67.0. The Kier molecular flexibility index (Phi) is 81.8. The summed E-state index contributed by atoms with van der Waals surface area (Å²) in [6.07, 6.45) is 106. The van der Waals surface area contributed by atoms with Crippen LogP contribution < -0.4 is 5.32 Å². The van der Waals surface area contributed by atoms with Crippen molar-refractivity contribution in [3.63, 3.8) is 0 Å². The Labute approximate surface area is 584 Å². The minimum atomic E-state index is -0.661. The maximum atomic E-state index is 12.6. The van der Waals surface area contributed by atoms with Gasteiger partial charge in [-0.05, 0) is 51.4 Å². The second-order valence-corrected chi connectivity index (χ2v) is 30.2. The Bertz CT molecular complexity index is 1420. The van der Waals surface area contributed by atoms with E-state index in [4.69, 9.17) is 4.74 Å². The number of ether oxygens (including phenoxy) is 1. The monoisotopic (exact) mass is 1310 g/mol. The Balaban J connectivity index is 3.30. The largest absolute Gasteiger partial charge is 0.466 e. The van der Waals surface area contributed by atoms with Gasteiger partial charge in [0.1, 0.15) is 0 Å². The number of aliphatic hydroxyl groups excluding tert-OH is 2. The summed E-state index contributed by atoms with van der Waals surface area (Å²) in [5.74, 6) is -0.00556. The summed E-state index contributed by atoms with van der Waals surface area (Å²) in [4.78, 5) is 24.7. The predicted molar refractivity (Wildman–Crippen MR) is 412 cm³/mol. The summed E-state index contributed by atoms with van der Waals surface area (Å²) >= 11 is 0. The predicted octanol–water partition coefficient (Wildman–Crippen LogP) is 29.0. The number of unbranched alkanes of at least 4 members (excludes halogenated alkanes) is 70. The van der Waals surface area contributed by atoms with E-state index >= 15 is 0 Å². The van der Waals surface area contributed by atoms with Crippen molar-refractivity contribution in [2.45, 2.75) is 520 Å². The van der Waals surface area contributed by atoms with Crippen LogP contribution in [-0.2, 0) is 14.3 Å². The number of aliphatic hydroxyl groups is 2. The molecule has 0 bridgehead atoms. The van der Waals surface area contributed by atoms with Gasteiger partial charge in [-0.3, -0.25) is 9.59 Å². The van der Waals surface area contributed by atoms with E-state index in [9.17, 15) is 19.8 Å². The minimum Gasteiger partial charge on any atom is -0.466 e. The molecule has 0 aromatic rings. The average Bonchev–Trinajstić information content (AvgIpc) is 3.78. The van der Waals surface area contributed by atoms with Gasteiger partial charge in [0.05, 0.1) is 25.4 Å². The molecule has 6 nitrogen and oxygen atoms in total. The third-order valence-corrected chi connectivity index (χ3v) is 20.8. The van der Waals surface area contributed by atoms with Crippen molar-refractivity contribution in [2.75, 3.05) is 13.2 Å². The van der Waals surface area contributed by atoms with Gasteiger partial charge in [-0.2, -0.15) is 0 Å². The summed E-state index contributed by atoms with van der Waals surface area (Å²) in [7, 11) is 0. The smallest absolute Gasteiger partial charge is 0.305 e. The van der Waals surface area contributed by atoms with Gasteiger partial charge in [0.2, 0.25) is 5.91 Å². The molecular formula is C87H171NO5. The summed E-state index contributed by atoms with van der Waals surface area (Å²) in [5.41, 5.74) is 0. The van der Waals surface area contributed by atoms with Crippen LogP contribution in [0.4, 0.5) is 0 Å². The summed E-state index contributed by atoms with van der Waals surface area (Å²) in [6.45, 7) is 5.01. The highest BCUT2D eigenvalue weighted by atomic mass is 16.5. The van der Waals surface area contributed by atoms with E-state index in [0.29, 0.717) is 25.9 Å². The number of rotatable bonds is 83. The van der Waals surface area contributed by atoms with Crippen molar-refractivity contribution in [3.05, 3.63) is 12.2 Å². The Hall–Kier alpha value is -1.40. The molecule has 0 saturated carbocycles. The van der Waals surface area contributed by atoms with Crippen LogP contribution in [0.1, 0.15) is 508 Å². The molecule has 2 atom stereocenters. The second kappa shape index (κ2) is 83.0. The van der Waals surface area contributed by atoms with E-state index < -0.39 is 12.1 Å². The molecule has 0 fully saturated rings. The van der Waals surface area contributed by atoms with E-state index in [-0.39, 0.29) is 18.5 Å². The van der Waals surface area contributed by atoms with Crippen LogP contribution in [0.2, 0.25) is 0 Å². The molecule has 0 radical (unpaired) electrons. The van der Waals surface area contributed by atoms with Gasteiger partial charge < -0.3 is 20.3 Å². The van der Waals surface area contributed by atoms with Crippen molar-refractivity contribution in [1.29, 1.82) is 0 Å². The number of hydrogen-bond donors (Lipinski definition) is 3. The van der Waals surface area contributed by atoms with E-state index in [1.165, 1.54) is 430 Å². The standard InChI is InChI=1S/C87H171NO5/c1-3-5-7-9-11-13-15-17-19-20-21-22-40-43-46-49-52-55-59-63-67-71-75-79-85(90)84(83-89)88-86(91)80-76-72-68-64-60-56-53-50-47-44-41-38-36-34-32-30-28-26-24-23-25-27-29-31-33-35-37-39-42-45-48-51-54-58-62-66-70-74-78-82-93-87(92)81-77-73-69-65-61-57-18-16-14-12-10-8-6-4-2/h16,18,84-85,89-90H,3-15,17,19-83H2,1-2H3,(H,88,91)/b18-16-. The van der Waals surface area contributed by atoms with Crippen molar-refractivity contribution in [1.82, 2.24) is 5.32 Å². The lowest BCUT2D eigenvalue weighted by molar-refractivity contribution is -0.143. The first-order valence-corrected chi connectivity index (χ1v) is 43.4. The highest BCUT2D eigenvalue weighted by Gasteiger charge is 2.20. The molecule has 0 aromatic heterocycles. The lowest BCUT2D eigenvalue weighted by Gasteiger charge is -2.22. The Morgan fingerprint density at radius 2 is 0.505 bits per heavy atom. The molecule has 554 valence electrons. The lowest BCUT2D eigenvalue weighted by Crippen LogP contribution is -2.45. The topological polar surface area (TPSA) is 95.9 Å². The fourth-order valence-corrected chi connectivity index (χ4v) is 14.2. The lowest BCUT2D eigenvalue weighted by atomic mass is 10.0.